The van der Waals surface area contributed by atoms with E-state index in [1.807, 2.05) is 13.8 Å². The minimum atomic E-state index is -3.72. The predicted molar refractivity (Wildman–Crippen MR) is 181 cm³/mol. The van der Waals surface area contributed by atoms with E-state index in [2.05, 4.69) is 20.1 Å². The quantitative estimate of drug-likeness (QED) is 0.121. The number of sulfonamides is 2. The summed E-state index contributed by atoms with van der Waals surface area (Å²) in [6, 6.07) is 25.9. The Labute approximate surface area is 268 Å². The highest BCUT2D eigenvalue weighted by Gasteiger charge is 2.15. The van der Waals surface area contributed by atoms with Crippen molar-refractivity contribution in [2.45, 2.75) is 36.5 Å². The van der Waals surface area contributed by atoms with Crippen LogP contribution >= 0.6 is 11.8 Å². The molecule has 4 aromatic rings. The first-order chi connectivity index (χ1) is 21.4. The highest BCUT2D eigenvalue weighted by Crippen LogP contribution is 2.21. The summed E-state index contributed by atoms with van der Waals surface area (Å²) < 4.78 is 55.3. The number of nitrogens with one attached hydrogen (secondary N) is 4. The smallest absolute Gasteiger partial charge is 0.261 e. The van der Waals surface area contributed by atoms with E-state index in [1.165, 1.54) is 11.8 Å². The monoisotopic (exact) mass is 666 g/mol. The third-order valence-corrected chi connectivity index (χ3v) is 10.2. The van der Waals surface area contributed by atoms with Crippen LogP contribution in [0.5, 0.6) is 0 Å². The first-order valence-electron chi connectivity index (χ1n) is 14.0. The lowest BCUT2D eigenvalue weighted by molar-refractivity contribution is -0.116. The molecule has 0 saturated carbocycles. The standard InChI is InChI=1S/C32H34N4O6S3/c1-23-3-15-29(16-4-23)44(39,40)35-27-11-7-25(8-12-27)33-31(37)19-21-43-22-20-32(38)34-26-9-13-28(14-10-26)36-45(41,42)30-17-5-24(2)6-18-30/h3-18,35-36H,19-22H2,1-2H3,(H,33,37)(H,34,38). The van der Waals surface area contributed by atoms with Crippen LogP contribution in [0.25, 0.3) is 0 Å². The van der Waals surface area contributed by atoms with Crippen molar-refractivity contribution < 1.29 is 26.4 Å². The van der Waals surface area contributed by atoms with E-state index in [1.54, 1.807) is 97.1 Å². The zero-order valence-electron chi connectivity index (χ0n) is 24.7. The van der Waals surface area contributed by atoms with Gasteiger partial charge in [0.15, 0.2) is 0 Å². The molecule has 0 heterocycles. The number of anilines is 4. The molecule has 4 rings (SSSR count). The van der Waals surface area contributed by atoms with E-state index in [9.17, 15) is 26.4 Å². The minimum absolute atomic E-state index is 0.163. The molecule has 0 radical (unpaired) electrons. The van der Waals surface area contributed by atoms with Crippen molar-refractivity contribution in [3.8, 4) is 0 Å². The average Bonchev–Trinajstić information content (AvgIpc) is 2.99. The number of carbonyl (C=O) groups excluding carboxylic acids is 2. The lowest BCUT2D eigenvalue weighted by Gasteiger charge is -2.10. The number of rotatable bonds is 14. The molecule has 0 bridgehead atoms. The number of carbonyl (C=O) groups is 2. The van der Waals surface area contributed by atoms with Crippen LogP contribution in [-0.2, 0) is 29.6 Å². The zero-order valence-corrected chi connectivity index (χ0v) is 27.2. The van der Waals surface area contributed by atoms with Gasteiger partial charge in [-0.1, -0.05) is 35.4 Å². The van der Waals surface area contributed by atoms with E-state index in [-0.39, 0.29) is 34.4 Å². The number of thioether (sulfide) groups is 1. The number of hydrogen-bond acceptors (Lipinski definition) is 7. The second-order valence-electron chi connectivity index (χ2n) is 10.2. The van der Waals surface area contributed by atoms with Crippen molar-refractivity contribution in [1.29, 1.82) is 0 Å². The predicted octanol–water partition coefficient (Wildman–Crippen LogP) is 6.00. The first-order valence-corrected chi connectivity index (χ1v) is 18.1. The molecule has 0 aliphatic carbocycles. The van der Waals surface area contributed by atoms with E-state index in [4.69, 9.17) is 0 Å². The molecule has 0 saturated heterocycles. The summed E-state index contributed by atoms with van der Waals surface area (Å²) in [4.78, 5) is 25.0. The number of hydrogen-bond donors (Lipinski definition) is 4. The fourth-order valence-electron chi connectivity index (χ4n) is 3.98. The number of aryl methyl sites for hydroxylation is 2. The molecular formula is C32H34N4O6S3. The van der Waals surface area contributed by atoms with Crippen molar-refractivity contribution in [3.05, 3.63) is 108 Å². The molecule has 45 heavy (non-hydrogen) atoms. The molecule has 236 valence electrons. The SMILES string of the molecule is Cc1ccc(S(=O)(=O)Nc2ccc(NC(=O)CCSCCC(=O)Nc3ccc(NS(=O)(=O)c4ccc(C)cc4)cc3)cc2)cc1. The van der Waals surface area contributed by atoms with Gasteiger partial charge in [0, 0.05) is 47.1 Å². The fraction of sp³-hybridized carbons (Fsp3) is 0.188. The summed E-state index contributed by atoms with van der Waals surface area (Å²) in [6.07, 6.45) is 0.488. The van der Waals surface area contributed by atoms with Gasteiger partial charge < -0.3 is 10.6 Å². The van der Waals surface area contributed by atoms with Gasteiger partial charge in [-0.05, 0) is 86.6 Å². The third-order valence-electron chi connectivity index (χ3n) is 6.45. The van der Waals surface area contributed by atoms with Crippen LogP contribution in [0.2, 0.25) is 0 Å². The first kappa shape index (κ1) is 33.6. The molecule has 4 N–H and O–H groups in total. The van der Waals surface area contributed by atoms with Gasteiger partial charge in [0.2, 0.25) is 11.8 Å². The molecule has 0 aliphatic rings. The van der Waals surface area contributed by atoms with Crippen molar-refractivity contribution in [2.24, 2.45) is 0 Å². The van der Waals surface area contributed by atoms with Crippen LogP contribution in [0.4, 0.5) is 22.7 Å². The second kappa shape index (κ2) is 15.1. The Morgan fingerprint density at radius 2 is 0.822 bits per heavy atom. The Balaban J connectivity index is 1.13. The maximum Gasteiger partial charge on any atom is 0.261 e. The molecule has 0 aromatic heterocycles. The van der Waals surface area contributed by atoms with Gasteiger partial charge in [-0.2, -0.15) is 11.8 Å². The second-order valence-corrected chi connectivity index (χ2v) is 14.8. The summed E-state index contributed by atoms with van der Waals surface area (Å²) >= 11 is 1.47. The Bertz CT molecular complexity index is 1690. The van der Waals surface area contributed by atoms with Crippen LogP contribution in [0.3, 0.4) is 0 Å². The van der Waals surface area contributed by atoms with Crippen molar-refractivity contribution in [2.75, 3.05) is 31.6 Å². The fourth-order valence-corrected chi connectivity index (χ4v) is 6.97. The topological polar surface area (TPSA) is 151 Å². The molecule has 13 heteroatoms. The Morgan fingerprint density at radius 3 is 1.16 bits per heavy atom. The Kier molecular flexibility index (Phi) is 11.3. The van der Waals surface area contributed by atoms with E-state index >= 15 is 0 Å². The maximum atomic E-state index is 12.6. The largest absolute Gasteiger partial charge is 0.326 e. The van der Waals surface area contributed by atoms with Crippen LogP contribution in [0.1, 0.15) is 24.0 Å². The Hall–Kier alpha value is -4.33. The van der Waals surface area contributed by atoms with Crippen LogP contribution in [0, 0.1) is 13.8 Å². The van der Waals surface area contributed by atoms with Gasteiger partial charge >= 0.3 is 0 Å². The summed E-state index contributed by atoms with van der Waals surface area (Å²) in [7, 11) is -7.43. The number of benzene rings is 4. The highest BCUT2D eigenvalue weighted by atomic mass is 32.2. The van der Waals surface area contributed by atoms with Gasteiger partial charge in [0.25, 0.3) is 20.0 Å². The van der Waals surface area contributed by atoms with E-state index in [0.29, 0.717) is 34.3 Å². The highest BCUT2D eigenvalue weighted by molar-refractivity contribution is 7.99. The molecular weight excluding hydrogens is 633 g/mol. The van der Waals surface area contributed by atoms with Gasteiger partial charge in [-0.15, -0.1) is 0 Å². The van der Waals surface area contributed by atoms with Crippen LogP contribution in [0.15, 0.2) is 107 Å². The minimum Gasteiger partial charge on any atom is -0.326 e. The van der Waals surface area contributed by atoms with Crippen LogP contribution < -0.4 is 20.1 Å². The molecule has 0 spiro atoms. The van der Waals surface area contributed by atoms with Gasteiger partial charge in [0.05, 0.1) is 9.79 Å². The molecule has 10 nitrogen and oxygen atoms in total. The molecule has 0 fully saturated rings. The lowest BCUT2D eigenvalue weighted by Crippen LogP contribution is -2.15. The van der Waals surface area contributed by atoms with E-state index < -0.39 is 20.0 Å². The van der Waals surface area contributed by atoms with Crippen molar-refractivity contribution in [1.82, 2.24) is 0 Å². The molecule has 0 unspecified atom stereocenters. The zero-order chi connectivity index (χ0) is 32.5. The van der Waals surface area contributed by atoms with Gasteiger partial charge in [0.1, 0.15) is 0 Å². The van der Waals surface area contributed by atoms with E-state index in [0.717, 1.165) is 11.1 Å². The Morgan fingerprint density at radius 1 is 0.511 bits per heavy atom. The van der Waals surface area contributed by atoms with Crippen molar-refractivity contribution in [3.63, 3.8) is 0 Å². The molecule has 2 amide bonds. The normalized spacial score (nSPS) is 11.4. The van der Waals surface area contributed by atoms with Gasteiger partial charge in [-0.25, -0.2) is 16.8 Å². The summed E-state index contributed by atoms with van der Waals surface area (Å²) in [5.41, 5.74) is 3.75. The molecule has 0 atom stereocenters. The maximum absolute atomic E-state index is 12.6. The summed E-state index contributed by atoms with van der Waals surface area (Å²) in [6.45, 7) is 3.76. The van der Waals surface area contributed by atoms with Crippen molar-refractivity contribution >= 4 is 66.4 Å². The average molecular weight is 667 g/mol. The van der Waals surface area contributed by atoms with Gasteiger partial charge in [-0.3, -0.25) is 19.0 Å². The summed E-state index contributed by atoms with van der Waals surface area (Å²) in [5.74, 6) is 0.642. The lowest BCUT2D eigenvalue weighted by atomic mass is 10.2. The molecule has 4 aromatic carbocycles. The number of amides is 2. The molecule has 0 aliphatic heterocycles. The van der Waals surface area contributed by atoms with Crippen LogP contribution in [-0.4, -0.2) is 40.2 Å². The summed E-state index contributed by atoms with van der Waals surface area (Å²) in [5, 5.41) is 5.56. The third kappa shape index (κ3) is 10.4.